The van der Waals surface area contributed by atoms with Crippen molar-refractivity contribution in [2.24, 2.45) is 5.10 Å². The number of nitrogens with one attached hydrogen (secondary N) is 2. The number of hydrazone groups is 1. The van der Waals surface area contributed by atoms with Crippen LogP contribution in [0.4, 0.5) is 0 Å². The molecule has 0 spiro atoms. The maximum atomic E-state index is 5.23. The van der Waals surface area contributed by atoms with Crippen molar-refractivity contribution in [3.8, 4) is 5.69 Å². The molecular formula is C16H19N5S. The van der Waals surface area contributed by atoms with E-state index in [2.05, 4.69) is 20.9 Å². The highest BCUT2D eigenvalue weighted by Crippen LogP contribution is 2.17. The molecule has 0 bridgehead atoms. The SMILES string of the molecule is S=C(N/N=C\c1cnn(-c2ccccc2)c1)NC1CCCC1. The molecule has 0 saturated heterocycles. The lowest BCUT2D eigenvalue weighted by Gasteiger charge is -2.12. The Balaban J connectivity index is 1.52. The molecule has 2 N–H and O–H groups in total. The largest absolute Gasteiger partial charge is 0.359 e. The molecule has 114 valence electrons. The first kappa shape index (κ1) is 14.7. The van der Waals surface area contributed by atoms with Gasteiger partial charge in [0.15, 0.2) is 5.11 Å². The van der Waals surface area contributed by atoms with E-state index in [0.29, 0.717) is 11.2 Å². The second kappa shape index (κ2) is 7.17. The zero-order chi connectivity index (χ0) is 15.2. The van der Waals surface area contributed by atoms with Gasteiger partial charge in [0.2, 0.25) is 0 Å². The van der Waals surface area contributed by atoms with Crippen molar-refractivity contribution in [2.45, 2.75) is 31.7 Å². The molecule has 6 heteroatoms. The van der Waals surface area contributed by atoms with Crippen molar-refractivity contribution in [1.82, 2.24) is 20.5 Å². The normalized spacial score (nSPS) is 15.3. The average Bonchev–Trinajstić information content (AvgIpc) is 3.20. The maximum absolute atomic E-state index is 5.23. The van der Waals surface area contributed by atoms with Crippen LogP contribution in [-0.2, 0) is 0 Å². The lowest BCUT2D eigenvalue weighted by molar-refractivity contribution is 0.624. The van der Waals surface area contributed by atoms with Gasteiger partial charge in [-0.15, -0.1) is 0 Å². The number of hydrogen-bond donors (Lipinski definition) is 2. The average molecular weight is 313 g/mol. The van der Waals surface area contributed by atoms with Crippen LogP contribution in [0.15, 0.2) is 47.8 Å². The van der Waals surface area contributed by atoms with E-state index >= 15 is 0 Å². The topological polar surface area (TPSA) is 54.2 Å². The Hall–Kier alpha value is -2.21. The standard InChI is InChI=1S/C16H19N5S/c22-16(19-14-6-4-5-7-14)20-17-10-13-11-18-21(12-13)15-8-2-1-3-9-15/h1-3,8-12,14H,4-7H2,(H2,19,20,22)/b17-10-. The van der Waals surface area contributed by atoms with Crippen molar-refractivity contribution in [3.63, 3.8) is 0 Å². The van der Waals surface area contributed by atoms with E-state index in [9.17, 15) is 0 Å². The molecule has 1 aromatic carbocycles. The Morgan fingerprint density at radius 2 is 2.05 bits per heavy atom. The van der Waals surface area contributed by atoms with Gasteiger partial charge in [-0.1, -0.05) is 31.0 Å². The first-order chi connectivity index (χ1) is 10.8. The van der Waals surface area contributed by atoms with Gasteiger partial charge in [-0.05, 0) is 37.2 Å². The number of thiocarbonyl (C=S) groups is 1. The Morgan fingerprint density at radius 3 is 2.82 bits per heavy atom. The Bertz CT molecular complexity index is 644. The zero-order valence-corrected chi connectivity index (χ0v) is 13.1. The van der Waals surface area contributed by atoms with Crippen molar-refractivity contribution in [1.29, 1.82) is 0 Å². The van der Waals surface area contributed by atoms with E-state index < -0.39 is 0 Å². The summed E-state index contributed by atoms with van der Waals surface area (Å²) in [5.74, 6) is 0. The predicted molar refractivity (Wildman–Crippen MR) is 92.3 cm³/mol. The fraction of sp³-hybridized carbons (Fsp3) is 0.312. The van der Waals surface area contributed by atoms with Gasteiger partial charge in [-0.2, -0.15) is 10.2 Å². The summed E-state index contributed by atoms with van der Waals surface area (Å²) in [5.41, 5.74) is 4.80. The molecule has 22 heavy (non-hydrogen) atoms. The van der Waals surface area contributed by atoms with Gasteiger partial charge in [0.25, 0.3) is 0 Å². The lowest BCUT2D eigenvalue weighted by atomic mass is 10.3. The summed E-state index contributed by atoms with van der Waals surface area (Å²) in [5, 5.41) is 12.3. The third-order valence-electron chi connectivity index (χ3n) is 3.69. The molecule has 1 heterocycles. The van der Waals surface area contributed by atoms with Gasteiger partial charge < -0.3 is 5.32 Å². The fourth-order valence-electron chi connectivity index (χ4n) is 2.58. The molecule has 0 atom stereocenters. The smallest absolute Gasteiger partial charge is 0.187 e. The van der Waals surface area contributed by atoms with Crippen molar-refractivity contribution in [3.05, 3.63) is 48.3 Å². The number of benzene rings is 1. The molecule has 0 amide bonds. The first-order valence-electron chi connectivity index (χ1n) is 7.51. The highest BCUT2D eigenvalue weighted by Gasteiger charge is 2.14. The fourth-order valence-corrected chi connectivity index (χ4v) is 2.80. The molecule has 0 aliphatic heterocycles. The van der Waals surface area contributed by atoms with Crippen molar-refractivity contribution in [2.75, 3.05) is 0 Å². The first-order valence-corrected chi connectivity index (χ1v) is 7.92. The number of aromatic nitrogens is 2. The van der Waals surface area contributed by atoms with Crippen molar-refractivity contribution >= 4 is 23.5 Å². The quantitative estimate of drug-likeness (QED) is 0.517. The van der Waals surface area contributed by atoms with Crippen molar-refractivity contribution < 1.29 is 0 Å². The van der Waals surface area contributed by atoms with Crippen LogP contribution in [-0.4, -0.2) is 27.1 Å². The summed E-state index contributed by atoms with van der Waals surface area (Å²) >= 11 is 5.23. The van der Waals surface area contributed by atoms with E-state index in [1.54, 1.807) is 12.4 Å². The molecular weight excluding hydrogens is 294 g/mol. The van der Waals surface area contributed by atoms with E-state index in [0.717, 1.165) is 11.3 Å². The van der Waals surface area contributed by atoms with Gasteiger partial charge in [0.1, 0.15) is 0 Å². The van der Waals surface area contributed by atoms with Gasteiger partial charge in [-0.3, -0.25) is 5.43 Å². The minimum Gasteiger partial charge on any atom is -0.359 e. The molecule has 1 aliphatic rings. The monoisotopic (exact) mass is 313 g/mol. The minimum absolute atomic E-state index is 0.496. The van der Waals surface area contributed by atoms with E-state index in [4.69, 9.17) is 12.2 Å². The molecule has 1 aromatic heterocycles. The molecule has 1 saturated carbocycles. The van der Waals surface area contributed by atoms with Gasteiger partial charge in [0, 0.05) is 17.8 Å². The molecule has 5 nitrogen and oxygen atoms in total. The summed E-state index contributed by atoms with van der Waals surface area (Å²) in [4.78, 5) is 0. The highest BCUT2D eigenvalue weighted by molar-refractivity contribution is 7.80. The molecule has 3 rings (SSSR count). The van der Waals surface area contributed by atoms with Crippen LogP contribution in [0, 0.1) is 0 Å². The van der Waals surface area contributed by atoms with Crippen LogP contribution in [0.1, 0.15) is 31.2 Å². The van der Waals surface area contributed by atoms with E-state index in [1.165, 1.54) is 25.7 Å². The van der Waals surface area contributed by atoms with Crippen LogP contribution in [0.2, 0.25) is 0 Å². The Kier molecular flexibility index (Phi) is 4.80. The Morgan fingerprint density at radius 1 is 1.27 bits per heavy atom. The van der Waals surface area contributed by atoms with Crippen LogP contribution in [0.5, 0.6) is 0 Å². The highest BCUT2D eigenvalue weighted by atomic mass is 32.1. The third kappa shape index (κ3) is 3.92. The van der Waals surface area contributed by atoms with Crippen LogP contribution in [0.3, 0.4) is 0 Å². The maximum Gasteiger partial charge on any atom is 0.187 e. The molecule has 0 unspecified atom stereocenters. The van der Waals surface area contributed by atoms with Gasteiger partial charge in [-0.25, -0.2) is 4.68 Å². The van der Waals surface area contributed by atoms with Gasteiger partial charge >= 0.3 is 0 Å². The summed E-state index contributed by atoms with van der Waals surface area (Å²) < 4.78 is 1.82. The summed E-state index contributed by atoms with van der Waals surface area (Å²) in [6.45, 7) is 0. The number of rotatable bonds is 4. The van der Waals surface area contributed by atoms with E-state index in [-0.39, 0.29) is 0 Å². The summed E-state index contributed by atoms with van der Waals surface area (Å²) in [7, 11) is 0. The molecule has 1 fully saturated rings. The van der Waals surface area contributed by atoms with Crippen LogP contribution >= 0.6 is 12.2 Å². The molecule has 1 aliphatic carbocycles. The predicted octanol–water partition coefficient (Wildman–Crippen LogP) is 2.61. The van der Waals surface area contributed by atoms with Crippen LogP contribution in [0.25, 0.3) is 5.69 Å². The van der Waals surface area contributed by atoms with Crippen LogP contribution < -0.4 is 10.7 Å². The number of para-hydroxylation sites is 1. The molecule has 0 radical (unpaired) electrons. The van der Waals surface area contributed by atoms with E-state index in [1.807, 2.05) is 41.2 Å². The zero-order valence-electron chi connectivity index (χ0n) is 12.3. The second-order valence-corrected chi connectivity index (χ2v) is 5.79. The number of hydrogen-bond acceptors (Lipinski definition) is 3. The van der Waals surface area contributed by atoms with Gasteiger partial charge in [0.05, 0.1) is 18.1 Å². The summed E-state index contributed by atoms with van der Waals surface area (Å²) in [6, 6.07) is 10.5. The molecule has 2 aromatic rings. The Labute approximate surface area is 135 Å². The second-order valence-electron chi connectivity index (χ2n) is 5.38. The number of nitrogens with zero attached hydrogens (tertiary/aromatic N) is 3. The lowest BCUT2D eigenvalue weighted by Crippen LogP contribution is -2.38. The minimum atomic E-state index is 0.496. The third-order valence-corrected chi connectivity index (χ3v) is 3.90. The summed E-state index contributed by atoms with van der Waals surface area (Å²) in [6.07, 6.45) is 10.4.